The van der Waals surface area contributed by atoms with Crippen LogP contribution in [0.2, 0.25) is 10.2 Å². The molecule has 3 amide bonds. The molecule has 9 heteroatoms. The van der Waals surface area contributed by atoms with E-state index >= 15 is 0 Å². The Morgan fingerprint density at radius 3 is 2.72 bits per heavy atom. The van der Waals surface area contributed by atoms with Gasteiger partial charge in [0.1, 0.15) is 10.8 Å². The van der Waals surface area contributed by atoms with Crippen LogP contribution in [0.15, 0.2) is 36.5 Å². The van der Waals surface area contributed by atoms with Crippen molar-refractivity contribution in [1.82, 2.24) is 15.2 Å². The van der Waals surface area contributed by atoms with Crippen LogP contribution in [0, 0.1) is 0 Å². The van der Waals surface area contributed by atoms with Crippen molar-refractivity contribution in [1.29, 1.82) is 0 Å². The van der Waals surface area contributed by atoms with Crippen LogP contribution in [0.5, 0.6) is 0 Å². The molecule has 2 aliphatic heterocycles. The predicted molar refractivity (Wildman–Crippen MR) is 124 cm³/mol. The highest BCUT2D eigenvalue weighted by Gasteiger charge is 2.46. The van der Waals surface area contributed by atoms with Crippen molar-refractivity contribution in [2.24, 2.45) is 0 Å². The summed E-state index contributed by atoms with van der Waals surface area (Å²) < 4.78 is 5.56. The van der Waals surface area contributed by atoms with Gasteiger partial charge in [-0.1, -0.05) is 23.2 Å². The average molecular weight is 477 g/mol. The van der Waals surface area contributed by atoms with E-state index in [0.29, 0.717) is 36.2 Å². The highest BCUT2D eigenvalue weighted by molar-refractivity contribution is 6.30. The number of anilines is 1. The maximum atomic E-state index is 13.2. The van der Waals surface area contributed by atoms with Crippen LogP contribution < -0.4 is 10.2 Å². The van der Waals surface area contributed by atoms with E-state index in [1.807, 2.05) is 39.0 Å². The second-order valence-corrected chi connectivity index (χ2v) is 9.93. The van der Waals surface area contributed by atoms with E-state index in [1.54, 1.807) is 28.1 Å². The number of carbonyl (C=O) groups is 2. The number of rotatable bonds is 2. The fourth-order valence-corrected chi connectivity index (χ4v) is 4.72. The van der Waals surface area contributed by atoms with Gasteiger partial charge < -0.3 is 15.0 Å². The molecule has 0 aliphatic carbocycles. The summed E-state index contributed by atoms with van der Waals surface area (Å²) in [5.74, 6) is -0.0360. The zero-order valence-corrected chi connectivity index (χ0v) is 19.8. The molecule has 0 radical (unpaired) electrons. The van der Waals surface area contributed by atoms with Crippen LogP contribution >= 0.6 is 23.2 Å². The summed E-state index contributed by atoms with van der Waals surface area (Å²) in [7, 11) is 0. The van der Waals surface area contributed by atoms with Crippen LogP contribution in [0.4, 0.5) is 15.3 Å². The number of halogens is 2. The highest BCUT2D eigenvalue weighted by atomic mass is 35.5. The molecule has 2 atom stereocenters. The van der Waals surface area contributed by atoms with Gasteiger partial charge in [-0.15, -0.1) is 0 Å². The number of amides is 3. The number of hydrogen-bond acceptors (Lipinski definition) is 4. The van der Waals surface area contributed by atoms with Crippen LogP contribution in [0.25, 0.3) is 0 Å². The Labute approximate surface area is 197 Å². The molecule has 2 aliphatic rings. The number of nitrogens with one attached hydrogen (secondary N) is 1. The third kappa shape index (κ3) is 4.79. The van der Waals surface area contributed by atoms with E-state index in [1.165, 1.54) is 0 Å². The summed E-state index contributed by atoms with van der Waals surface area (Å²) in [6, 6.07) is 8.82. The third-order valence-corrected chi connectivity index (χ3v) is 6.10. The molecule has 4 rings (SSSR count). The summed E-state index contributed by atoms with van der Waals surface area (Å²) in [4.78, 5) is 33.4. The molecule has 3 heterocycles. The topological polar surface area (TPSA) is 74.8 Å². The van der Waals surface area contributed by atoms with E-state index in [4.69, 9.17) is 27.9 Å². The van der Waals surface area contributed by atoms with Crippen LogP contribution in [0.1, 0.15) is 44.2 Å². The average Bonchev–Trinajstić information content (AvgIpc) is 3.04. The van der Waals surface area contributed by atoms with Gasteiger partial charge in [0.25, 0.3) is 0 Å². The minimum absolute atomic E-state index is 0.0360. The minimum Gasteiger partial charge on any atom is -0.444 e. The fourth-order valence-electron chi connectivity index (χ4n) is 4.34. The zero-order chi connectivity index (χ0) is 23.0. The summed E-state index contributed by atoms with van der Waals surface area (Å²) in [6.45, 7) is 6.87. The van der Waals surface area contributed by atoms with Gasteiger partial charge in [0.2, 0.25) is 0 Å². The molecular formula is C23H26Cl2N4O3. The Morgan fingerprint density at radius 2 is 2.00 bits per heavy atom. The Balaban J connectivity index is 1.54. The zero-order valence-electron chi connectivity index (χ0n) is 18.3. The Kier molecular flexibility index (Phi) is 6.23. The first-order valence-electron chi connectivity index (χ1n) is 10.6. The largest absolute Gasteiger partial charge is 0.444 e. The van der Waals surface area contributed by atoms with Crippen molar-refractivity contribution in [3.05, 3.63) is 57.8 Å². The number of hydrogen-bond donors (Lipinski definition) is 1. The van der Waals surface area contributed by atoms with Gasteiger partial charge in [-0.25, -0.2) is 14.6 Å². The normalized spacial score (nSPS) is 19.9. The molecule has 170 valence electrons. The number of likely N-dealkylation sites (tertiary alicyclic amines) is 1. The lowest BCUT2D eigenvalue weighted by Gasteiger charge is -2.38. The molecule has 7 nitrogen and oxygen atoms in total. The first-order valence-corrected chi connectivity index (χ1v) is 11.3. The van der Waals surface area contributed by atoms with Crippen molar-refractivity contribution < 1.29 is 14.3 Å². The van der Waals surface area contributed by atoms with Gasteiger partial charge in [-0.3, -0.25) is 4.90 Å². The van der Waals surface area contributed by atoms with Gasteiger partial charge in [0.15, 0.2) is 0 Å². The molecule has 32 heavy (non-hydrogen) atoms. The smallest absolute Gasteiger partial charge is 0.410 e. The number of pyridine rings is 1. The fraction of sp³-hybridized carbons (Fsp3) is 0.435. The Bertz CT molecular complexity index is 1040. The number of aromatic nitrogens is 1. The molecule has 1 fully saturated rings. The monoisotopic (exact) mass is 476 g/mol. The molecule has 0 saturated carbocycles. The summed E-state index contributed by atoms with van der Waals surface area (Å²) in [5.41, 5.74) is 2.09. The lowest BCUT2D eigenvalue weighted by molar-refractivity contribution is 0.0191. The molecule has 2 unspecified atom stereocenters. The summed E-state index contributed by atoms with van der Waals surface area (Å²) in [5, 5.41) is 3.97. The maximum absolute atomic E-state index is 13.2. The number of benzene rings is 1. The predicted octanol–water partition coefficient (Wildman–Crippen LogP) is 5.21. The highest BCUT2D eigenvalue weighted by Crippen LogP contribution is 2.45. The molecule has 2 aromatic rings. The molecule has 0 bridgehead atoms. The van der Waals surface area contributed by atoms with Gasteiger partial charge in [-0.05, 0) is 68.7 Å². The SMILES string of the molecule is CC(C)(C)OC(=O)N1CCC2C(C1)c1cc(Cl)ccc1N2C(=O)NCc1ccnc(Cl)c1. The van der Waals surface area contributed by atoms with Gasteiger partial charge in [0, 0.05) is 48.5 Å². The maximum Gasteiger partial charge on any atom is 0.410 e. The molecular weight excluding hydrogens is 451 g/mol. The van der Waals surface area contributed by atoms with Gasteiger partial charge in [0.05, 0.1) is 0 Å². The first-order chi connectivity index (χ1) is 15.1. The van der Waals surface area contributed by atoms with Crippen molar-refractivity contribution in [3.63, 3.8) is 0 Å². The third-order valence-electron chi connectivity index (χ3n) is 5.66. The van der Waals surface area contributed by atoms with Crippen molar-refractivity contribution in [2.75, 3.05) is 18.0 Å². The van der Waals surface area contributed by atoms with Gasteiger partial charge in [-0.2, -0.15) is 0 Å². The number of carbonyl (C=O) groups excluding carboxylic acids is 2. The minimum atomic E-state index is -0.563. The summed E-state index contributed by atoms with van der Waals surface area (Å²) >= 11 is 12.2. The molecule has 1 N–H and O–H groups in total. The molecule has 1 saturated heterocycles. The molecule has 0 spiro atoms. The Morgan fingerprint density at radius 1 is 1.22 bits per heavy atom. The van der Waals surface area contributed by atoms with E-state index in [0.717, 1.165) is 16.8 Å². The van der Waals surface area contributed by atoms with Crippen molar-refractivity contribution in [3.8, 4) is 0 Å². The van der Waals surface area contributed by atoms with Crippen molar-refractivity contribution in [2.45, 2.75) is 51.3 Å². The Hall–Kier alpha value is -2.51. The lowest BCUT2D eigenvalue weighted by Crippen LogP contribution is -2.52. The lowest BCUT2D eigenvalue weighted by atomic mass is 9.89. The second kappa shape index (κ2) is 8.79. The van der Waals surface area contributed by atoms with Crippen molar-refractivity contribution >= 4 is 41.0 Å². The molecule has 1 aromatic heterocycles. The van der Waals surface area contributed by atoms with Gasteiger partial charge >= 0.3 is 12.1 Å². The number of fused-ring (bicyclic) bond motifs is 3. The van der Waals surface area contributed by atoms with E-state index in [2.05, 4.69) is 10.3 Å². The summed E-state index contributed by atoms with van der Waals surface area (Å²) in [6.07, 6.45) is 1.92. The van der Waals surface area contributed by atoms with Crippen LogP contribution in [-0.2, 0) is 11.3 Å². The van der Waals surface area contributed by atoms with Crippen LogP contribution in [0.3, 0.4) is 0 Å². The molecule has 1 aromatic carbocycles. The number of piperidine rings is 1. The van der Waals surface area contributed by atoms with E-state index < -0.39 is 5.60 Å². The van der Waals surface area contributed by atoms with Crippen LogP contribution in [-0.4, -0.2) is 46.7 Å². The number of nitrogens with zero attached hydrogens (tertiary/aromatic N) is 3. The van der Waals surface area contributed by atoms with E-state index in [9.17, 15) is 9.59 Å². The second-order valence-electron chi connectivity index (χ2n) is 9.11. The standard InChI is InChI=1S/C23H26Cl2N4O3/c1-23(2,3)32-22(31)28-9-7-19-17(13-28)16-11-15(24)4-5-18(16)29(19)21(30)27-12-14-6-8-26-20(25)10-14/h4-6,8,10-11,17,19H,7,9,12-13H2,1-3H3,(H,27,30). The van der Waals surface area contributed by atoms with E-state index in [-0.39, 0.29) is 24.1 Å². The quantitative estimate of drug-likeness (QED) is 0.603. The number of urea groups is 1. The number of ether oxygens (including phenoxy) is 1. The first kappa shape index (κ1) is 22.7.